The highest BCUT2D eigenvalue weighted by Gasteiger charge is 2.03. The van der Waals surface area contributed by atoms with Crippen molar-refractivity contribution in [3.05, 3.63) is 58.3 Å². The number of rotatable bonds is 3. The Labute approximate surface area is 110 Å². The predicted octanol–water partition coefficient (Wildman–Crippen LogP) is 2.19. The Morgan fingerprint density at radius 2 is 2.00 bits per heavy atom. The highest BCUT2D eigenvalue weighted by Crippen LogP contribution is 2.06. The topological polar surface area (TPSA) is 41.1 Å². The van der Waals surface area contributed by atoms with Crippen LogP contribution < -0.4 is 10.9 Å². The second kappa shape index (κ2) is 6.48. The molecule has 0 saturated heterocycles. The number of nitrogens with one attached hydrogen (secondary N) is 2. The lowest BCUT2D eigenvalue weighted by Gasteiger charge is -1.99. The van der Waals surface area contributed by atoms with E-state index in [9.17, 15) is 4.79 Å². The minimum Gasteiger partial charge on any atom is -0.266 e. The monoisotopic (exact) mass is 256 g/mol. The summed E-state index contributed by atoms with van der Waals surface area (Å²) in [6.45, 7) is 0. The van der Waals surface area contributed by atoms with Gasteiger partial charge in [-0.2, -0.15) is 0 Å². The molecule has 2 rings (SSSR count). The molecule has 1 amide bonds. The molecule has 1 aromatic heterocycles. The first-order valence-corrected chi connectivity index (χ1v) is 6.35. The third-order valence-corrected chi connectivity index (χ3v) is 3.08. The summed E-state index contributed by atoms with van der Waals surface area (Å²) in [5.41, 5.74) is 6.26. The van der Waals surface area contributed by atoms with Gasteiger partial charge in [-0.05, 0) is 17.0 Å². The van der Waals surface area contributed by atoms with Crippen molar-refractivity contribution in [3.63, 3.8) is 0 Å². The summed E-state index contributed by atoms with van der Waals surface area (Å²) in [4.78, 5) is 12.2. The molecule has 1 aromatic carbocycles. The maximum absolute atomic E-state index is 11.5. The number of hydrazine groups is 1. The number of hydrogen-bond donors (Lipinski definition) is 2. The molecule has 1 heterocycles. The largest absolute Gasteiger partial charge is 0.280 e. The van der Waals surface area contributed by atoms with Crippen LogP contribution in [0.3, 0.4) is 0 Å². The Morgan fingerprint density at radius 3 is 2.72 bits per heavy atom. The molecule has 0 aliphatic carbocycles. The molecule has 0 saturated carbocycles. The van der Waals surface area contributed by atoms with Crippen LogP contribution in [0.15, 0.2) is 47.8 Å². The SMILES string of the molecule is O=C(NNC#CCc1ccccc1)c1cccs1. The highest BCUT2D eigenvalue weighted by atomic mass is 32.1. The van der Waals surface area contributed by atoms with E-state index in [1.54, 1.807) is 6.07 Å². The van der Waals surface area contributed by atoms with Gasteiger partial charge in [0, 0.05) is 12.5 Å². The summed E-state index contributed by atoms with van der Waals surface area (Å²) in [5.74, 6) is 2.76. The van der Waals surface area contributed by atoms with Gasteiger partial charge in [-0.1, -0.05) is 42.3 Å². The molecule has 18 heavy (non-hydrogen) atoms. The van der Waals surface area contributed by atoms with E-state index >= 15 is 0 Å². The molecule has 90 valence electrons. The van der Waals surface area contributed by atoms with Crippen molar-refractivity contribution < 1.29 is 4.79 Å². The van der Waals surface area contributed by atoms with Crippen molar-refractivity contribution in [3.8, 4) is 12.0 Å². The molecule has 0 atom stereocenters. The van der Waals surface area contributed by atoms with E-state index in [2.05, 4.69) is 22.8 Å². The van der Waals surface area contributed by atoms with Gasteiger partial charge in [-0.25, -0.2) is 0 Å². The maximum atomic E-state index is 11.5. The van der Waals surface area contributed by atoms with Crippen LogP contribution in [0.2, 0.25) is 0 Å². The molecule has 0 bridgehead atoms. The lowest BCUT2D eigenvalue weighted by atomic mass is 10.2. The van der Waals surface area contributed by atoms with Crippen LogP contribution in [0, 0.1) is 12.0 Å². The van der Waals surface area contributed by atoms with Crippen molar-refractivity contribution in [1.82, 2.24) is 10.9 Å². The van der Waals surface area contributed by atoms with E-state index in [1.165, 1.54) is 11.3 Å². The van der Waals surface area contributed by atoms with Gasteiger partial charge in [0.05, 0.1) is 4.88 Å². The first-order valence-electron chi connectivity index (χ1n) is 5.47. The number of carbonyl (C=O) groups is 1. The fourth-order valence-corrected chi connectivity index (χ4v) is 1.96. The molecule has 0 aliphatic rings. The fraction of sp³-hybridized carbons (Fsp3) is 0.0714. The van der Waals surface area contributed by atoms with Crippen molar-refractivity contribution in [1.29, 1.82) is 0 Å². The van der Waals surface area contributed by atoms with Crippen LogP contribution in [0.5, 0.6) is 0 Å². The molecular formula is C14H12N2OS. The van der Waals surface area contributed by atoms with E-state index in [4.69, 9.17) is 0 Å². The van der Waals surface area contributed by atoms with Crippen LogP contribution in [0.1, 0.15) is 15.2 Å². The molecule has 4 heteroatoms. The average Bonchev–Trinajstić information content (AvgIpc) is 2.93. The molecule has 0 fully saturated rings. The van der Waals surface area contributed by atoms with Crippen molar-refractivity contribution in [2.75, 3.05) is 0 Å². The smallest absolute Gasteiger partial charge is 0.266 e. The van der Waals surface area contributed by atoms with Gasteiger partial charge in [0.1, 0.15) is 0 Å². The summed E-state index contributed by atoms with van der Waals surface area (Å²) in [6, 6.07) is 16.2. The number of thiophene rings is 1. The summed E-state index contributed by atoms with van der Waals surface area (Å²) in [5, 5.41) is 1.86. The number of carbonyl (C=O) groups excluding carboxylic acids is 1. The second-order valence-corrected chi connectivity index (χ2v) is 4.47. The Hall–Kier alpha value is -2.25. The summed E-state index contributed by atoms with van der Waals surface area (Å²) >= 11 is 1.39. The van der Waals surface area contributed by atoms with E-state index in [-0.39, 0.29) is 5.91 Å². The van der Waals surface area contributed by atoms with E-state index in [0.29, 0.717) is 11.3 Å². The van der Waals surface area contributed by atoms with Crippen molar-refractivity contribution in [2.45, 2.75) is 6.42 Å². The van der Waals surface area contributed by atoms with Crippen molar-refractivity contribution >= 4 is 17.2 Å². The number of amides is 1. The van der Waals surface area contributed by atoms with E-state index in [0.717, 1.165) is 5.56 Å². The van der Waals surface area contributed by atoms with Crippen LogP contribution in [-0.4, -0.2) is 5.91 Å². The van der Waals surface area contributed by atoms with Gasteiger partial charge < -0.3 is 0 Å². The van der Waals surface area contributed by atoms with Crippen LogP contribution >= 0.6 is 11.3 Å². The van der Waals surface area contributed by atoms with Crippen LogP contribution in [0.4, 0.5) is 0 Å². The molecule has 2 N–H and O–H groups in total. The zero-order valence-electron chi connectivity index (χ0n) is 9.64. The molecule has 0 radical (unpaired) electrons. The molecular weight excluding hydrogens is 244 g/mol. The van der Waals surface area contributed by atoms with Gasteiger partial charge in [0.25, 0.3) is 5.91 Å². The Morgan fingerprint density at radius 1 is 1.17 bits per heavy atom. The lowest BCUT2D eigenvalue weighted by molar-refractivity contribution is 0.0946. The quantitative estimate of drug-likeness (QED) is 0.502. The summed E-state index contributed by atoms with van der Waals surface area (Å²) < 4.78 is 0. The first kappa shape index (κ1) is 12.2. The van der Waals surface area contributed by atoms with Crippen LogP contribution in [-0.2, 0) is 6.42 Å². The number of benzene rings is 1. The van der Waals surface area contributed by atoms with E-state index in [1.807, 2.05) is 41.8 Å². The molecule has 2 aromatic rings. The van der Waals surface area contributed by atoms with Gasteiger partial charge in [-0.15, -0.1) is 11.3 Å². The first-order chi connectivity index (χ1) is 8.86. The Bertz CT molecular complexity index is 552. The number of hydrogen-bond acceptors (Lipinski definition) is 3. The molecule has 0 aliphatic heterocycles. The maximum Gasteiger partial charge on any atom is 0.280 e. The molecule has 0 unspecified atom stereocenters. The third kappa shape index (κ3) is 3.65. The van der Waals surface area contributed by atoms with Crippen LogP contribution in [0.25, 0.3) is 0 Å². The third-order valence-electron chi connectivity index (χ3n) is 2.21. The highest BCUT2D eigenvalue weighted by molar-refractivity contribution is 7.12. The van der Waals surface area contributed by atoms with Gasteiger partial charge in [0.2, 0.25) is 0 Å². The Balaban J connectivity index is 1.75. The zero-order chi connectivity index (χ0) is 12.6. The second-order valence-electron chi connectivity index (χ2n) is 3.52. The molecule has 0 spiro atoms. The zero-order valence-corrected chi connectivity index (χ0v) is 10.5. The van der Waals surface area contributed by atoms with Gasteiger partial charge in [-0.3, -0.25) is 15.6 Å². The predicted molar refractivity (Wildman–Crippen MR) is 72.8 cm³/mol. The summed E-state index contributed by atoms with van der Waals surface area (Å²) in [7, 11) is 0. The lowest BCUT2D eigenvalue weighted by Crippen LogP contribution is -2.33. The standard InChI is InChI=1S/C14H12N2OS/c17-14(13-9-5-11-18-13)16-15-10-4-8-12-6-2-1-3-7-12/h1-3,5-7,9,11,15H,8H2,(H,16,17). The Kier molecular flexibility index (Phi) is 4.39. The van der Waals surface area contributed by atoms with Gasteiger partial charge >= 0.3 is 0 Å². The fourth-order valence-electron chi connectivity index (χ4n) is 1.34. The minimum atomic E-state index is -0.168. The van der Waals surface area contributed by atoms with Gasteiger partial charge in [0.15, 0.2) is 0 Å². The summed E-state index contributed by atoms with van der Waals surface area (Å²) in [6.07, 6.45) is 0.655. The molecule has 3 nitrogen and oxygen atoms in total. The van der Waals surface area contributed by atoms with Crippen molar-refractivity contribution in [2.24, 2.45) is 0 Å². The minimum absolute atomic E-state index is 0.168. The average molecular weight is 256 g/mol. The normalized spacial score (nSPS) is 9.11. The van der Waals surface area contributed by atoms with E-state index < -0.39 is 0 Å².